The Morgan fingerprint density at radius 1 is 0.862 bits per heavy atom. The highest BCUT2D eigenvalue weighted by molar-refractivity contribution is 5.91. The van der Waals surface area contributed by atoms with Gasteiger partial charge in [0.05, 0.1) is 6.54 Å². The van der Waals surface area contributed by atoms with Gasteiger partial charge in [0.25, 0.3) is 0 Å². The average molecular weight is 380 g/mol. The minimum atomic E-state index is -0.550. The fourth-order valence-corrected chi connectivity index (χ4v) is 4.77. The highest BCUT2D eigenvalue weighted by atomic mass is 16.2. The molecule has 5 rings (SSSR count). The van der Waals surface area contributed by atoms with Crippen molar-refractivity contribution in [1.29, 1.82) is 0 Å². The van der Waals surface area contributed by atoms with Crippen LogP contribution in [0.5, 0.6) is 0 Å². The Kier molecular flexibility index (Phi) is 3.88. The molecule has 1 unspecified atom stereocenters. The van der Waals surface area contributed by atoms with Crippen molar-refractivity contribution < 1.29 is 4.79 Å². The molecule has 0 bridgehead atoms. The molecule has 0 saturated carbocycles. The maximum Gasteiger partial charge on any atom is 0.241 e. The van der Waals surface area contributed by atoms with Gasteiger partial charge in [0.1, 0.15) is 5.66 Å². The first kappa shape index (κ1) is 17.7. The van der Waals surface area contributed by atoms with Crippen molar-refractivity contribution in [1.82, 2.24) is 5.32 Å². The van der Waals surface area contributed by atoms with Crippen LogP contribution in [0, 0.1) is 0 Å². The molecule has 0 aliphatic carbocycles. The van der Waals surface area contributed by atoms with Crippen molar-refractivity contribution in [3.05, 3.63) is 96.1 Å². The van der Waals surface area contributed by atoms with E-state index in [9.17, 15) is 4.79 Å². The van der Waals surface area contributed by atoms with Crippen LogP contribution in [0.1, 0.15) is 25.0 Å². The fraction of sp³-hybridized carbons (Fsp3) is 0.192. The molecule has 1 atom stereocenters. The molecule has 29 heavy (non-hydrogen) atoms. The summed E-state index contributed by atoms with van der Waals surface area (Å²) in [7, 11) is 0. The number of rotatable bonds is 3. The molecule has 1 saturated heterocycles. The van der Waals surface area contributed by atoms with E-state index in [0.717, 1.165) is 11.3 Å². The van der Waals surface area contributed by atoms with Crippen LogP contribution < -0.4 is 10.2 Å². The van der Waals surface area contributed by atoms with E-state index in [1.54, 1.807) is 0 Å². The smallest absolute Gasteiger partial charge is 0.241 e. The second-order valence-corrected chi connectivity index (χ2v) is 8.36. The van der Waals surface area contributed by atoms with Crippen LogP contribution in [0.15, 0.2) is 84.9 Å². The molecule has 2 heterocycles. The Bertz CT molecular complexity index is 1100. The number of nitrogens with one attached hydrogen (secondary N) is 1. The molecule has 1 fully saturated rings. The van der Waals surface area contributed by atoms with Crippen LogP contribution >= 0.6 is 0 Å². The van der Waals surface area contributed by atoms with Crippen molar-refractivity contribution >= 4 is 17.7 Å². The third-order valence-corrected chi connectivity index (χ3v) is 6.41. The van der Waals surface area contributed by atoms with Gasteiger partial charge in [0, 0.05) is 11.1 Å². The molecular weight excluding hydrogens is 356 g/mol. The van der Waals surface area contributed by atoms with E-state index in [0.29, 0.717) is 6.54 Å². The molecule has 2 aliphatic heterocycles. The molecule has 1 N–H and O–H groups in total. The first-order valence-electron chi connectivity index (χ1n) is 10.0. The van der Waals surface area contributed by atoms with Crippen LogP contribution in [-0.2, 0) is 10.2 Å². The lowest BCUT2D eigenvalue weighted by molar-refractivity contribution is -0.118. The second-order valence-electron chi connectivity index (χ2n) is 8.36. The number of anilines is 1. The fourth-order valence-electron chi connectivity index (χ4n) is 4.77. The summed E-state index contributed by atoms with van der Waals surface area (Å²) in [5.74, 6) is 0.0663. The summed E-state index contributed by atoms with van der Waals surface area (Å²) < 4.78 is 0. The van der Waals surface area contributed by atoms with Gasteiger partial charge in [-0.2, -0.15) is 0 Å². The van der Waals surface area contributed by atoms with Gasteiger partial charge >= 0.3 is 0 Å². The molecule has 0 aromatic heterocycles. The van der Waals surface area contributed by atoms with E-state index in [-0.39, 0.29) is 11.3 Å². The van der Waals surface area contributed by atoms with Gasteiger partial charge in [0.2, 0.25) is 5.91 Å². The van der Waals surface area contributed by atoms with Crippen molar-refractivity contribution in [2.45, 2.75) is 24.9 Å². The van der Waals surface area contributed by atoms with Gasteiger partial charge in [-0.1, -0.05) is 92.7 Å². The topological polar surface area (TPSA) is 32.3 Å². The quantitative estimate of drug-likeness (QED) is 0.694. The molecule has 2 aliphatic rings. The first-order chi connectivity index (χ1) is 14.0. The number of nitrogens with zero attached hydrogens (tertiary/aromatic N) is 1. The lowest BCUT2D eigenvalue weighted by atomic mass is 9.75. The minimum Gasteiger partial charge on any atom is -0.335 e. The Labute approximate surface area is 171 Å². The van der Waals surface area contributed by atoms with E-state index in [2.05, 4.69) is 103 Å². The maximum atomic E-state index is 12.4. The van der Waals surface area contributed by atoms with Crippen molar-refractivity contribution in [3.8, 4) is 11.1 Å². The molecule has 3 aromatic rings. The zero-order valence-corrected chi connectivity index (χ0v) is 16.7. The van der Waals surface area contributed by atoms with Crippen LogP contribution in [0.4, 0.5) is 5.69 Å². The summed E-state index contributed by atoms with van der Waals surface area (Å²) in [6.45, 7) is 4.80. The van der Waals surface area contributed by atoms with E-state index < -0.39 is 5.66 Å². The SMILES string of the molecule is CC1(C)c2ccccc2N2CC(=O)NC21/C=C/c1ccc(-c2ccccc2)cc1. The largest absolute Gasteiger partial charge is 0.335 e. The molecule has 3 nitrogen and oxygen atoms in total. The van der Waals surface area contributed by atoms with Gasteiger partial charge in [-0.05, 0) is 34.4 Å². The van der Waals surface area contributed by atoms with E-state index >= 15 is 0 Å². The normalized spacial score (nSPS) is 21.9. The standard InChI is InChI=1S/C26H24N2O/c1-25(2)22-10-6-7-11-23(22)28-18-24(29)27-26(25,28)17-16-19-12-14-21(15-13-19)20-8-4-3-5-9-20/h3-17H,18H2,1-2H3,(H,27,29)/b17-16+. The Morgan fingerprint density at radius 3 is 2.28 bits per heavy atom. The van der Waals surface area contributed by atoms with Crippen molar-refractivity contribution in [2.24, 2.45) is 0 Å². The second kappa shape index (κ2) is 6.35. The Morgan fingerprint density at radius 2 is 1.52 bits per heavy atom. The Balaban J connectivity index is 1.50. The molecule has 0 spiro atoms. The van der Waals surface area contributed by atoms with E-state index in [4.69, 9.17) is 0 Å². The van der Waals surface area contributed by atoms with Crippen molar-refractivity contribution in [3.63, 3.8) is 0 Å². The summed E-state index contributed by atoms with van der Waals surface area (Å²) in [5.41, 5.74) is 5.15. The summed E-state index contributed by atoms with van der Waals surface area (Å²) in [6.07, 6.45) is 4.29. The predicted octanol–water partition coefficient (Wildman–Crippen LogP) is 4.99. The van der Waals surface area contributed by atoms with Crippen LogP contribution in [0.2, 0.25) is 0 Å². The molecule has 0 radical (unpaired) electrons. The number of amides is 1. The van der Waals surface area contributed by atoms with Gasteiger partial charge in [-0.3, -0.25) is 4.79 Å². The van der Waals surface area contributed by atoms with E-state index in [1.165, 1.54) is 16.7 Å². The van der Waals surface area contributed by atoms with Crippen LogP contribution in [-0.4, -0.2) is 18.1 Å². The predicted molar refractivity (Wildman–Crippen MR) is 119 cm³/mol. The first-order valence-corrected chi connectivity index (χ1v) is 10.0. The maximum absolute atomic E-state index is 12.4. The highest BCUT2D eigenvalue weighted by Crippen LogP contribution is 2.52. The zero-order chi connectivity index (χ0) is 20.1. The summed E-state index contributed by atoms with van der Waals surface area (Å²) >= 11 is 0. The number of para-hydroxylation sites is 1. The highest BCUT2D eigenvalue weighted by Gasteiger charge is 2.59. The molecule has 3 heteroatoms. The number of hydrogen-bond donors (Lipinski definition) is 1. The number of fused-ring (bicyclic) bond motifs is 3. The van der Waals surface area contributed by atoms with E-state index in [1.807, 2.05) is 12.1 Å². The van der Waals surface area contributed by atoms with Gasteiger partial charge in [-0.15, -0.1) is 0 Å². The third kappa shape index (κ3) is 2.61. The lowest BCUT2D eigenvalue weighted by Crippen LogP contribution is -2.58. The monoisotopic (exact) mass is 380 g/mol. The van der Waals surface area contributed by atoms with Gasteiger partial charge in [-0.25, -0.2) is 0 Å². The number of carbonyl (C=O) groups excluding carboxylic acids is 1. The number of hydrogen-bond acceptors (Lipinski definition) is 2. The average Bonchev–Trinajstić information content (AvgIpc) is 3.18. The molecular formula is C26H24N2O. The number of benzene rings is 3. The summed E-state index contributed by atoms with van der Waals surface area (Å²) in [4.78, 5) is 14.6. The molecule has 3 aromatic carbocycles. The summed E-state index contributed by atoms with van der Waals surface area (Å²) in [6, 6.07) is 27.3. The van der Waals surface area contributed by atoms with Gasteiger partial charge < -0.3 is 10.2 Å². The molecule has 1 amide bonds. The van der Waals surface area contributed by atoms with Crippen LogP contribution in [0.25, 0.3) is 17.2 Å². The Hall–Kier alpha value is -3.33. The van der Waals surface area contributed by atoms with Gasteiger partial charge in [0.15, 0.2) is 0 Å². The number of carbonyl (C=O) groups is 1. The third-order valence-electron chi connectivity index (χ3n) is 6.41. The van der Waals surface area contributed by atoms with Crippen molar-refractivity contribution in [2.75, 3.05) is 11.4 Å². The molecule has 144 valence electrons. The van der Waals surface area contributed by atoms with Crippen LogP contribution in [0.3, 0.4) is 0 Å². The summed E-state index contributed by atoms with van der Waals surface area (Å²) in [5, 5.41) is 3.27. The minimum absolute atomic E-state index is 0.0663. The lowest BCUT2D eigenvalue weighted by Gasteiger charge is -2.40. The zero-order valence-electron chi connectivity index (χ0n) is 16.7.